The molecule has 0 amide bonds. The Morgan fingerprint density at radius 3 is 1.57 bits per heavy atom. The molecule has 0 saturated heterocycles. The van der Waals surface area contributed by atoms with Gasteiger partial charge in [-0.1, -0.05) is 178 Å². The molecule has 0 fully saturated rings. The molecule has 2 heteroatoms. The summed E-state index contributed by atoms with van der Waals surface area (Å²) in [6, 6.07) is 75.3. The molecule has 1 spiro atoms. The van der Waals surface area contributed by atoms with Crippen LogP contribution in [0.4, 0.5) is 17.1 Å². The van der Waals surface area contributed by atoms with Gasteiger partial charge in [0.05, 0.1) is 15.8 Å². The minimum atomic E-state index is -0.424. The van der Waals surface area contributed by atoms with Crippen LogP contribution < -0.4 is 4.90 Å². The van der Waals surface area contributed by atoms with Crippen molar-refractivity contribution in [2.45, 2.75) is 24.7 Å². The number of hydrogen-bond acceptors (Lipinski definition) is 2. The number of nitrogens with zero attached hydrogens (tertiary/aromatic N) is 1. The first-order valence-corrected chi connectivity index (χ1v) is 21.8. The SMILES string of the molecule is CC1(C)c2ccccc2-c2cccc(-c3ccc(N(c4ccc5c(c4)C4(c6ccccc6-c6ccccc64)c4ccccc4-5)c4cccc5c4sc4ccccc45)cc3)c21. The van der Waals surface area contributed by atoms with Crippen LogP contribution in [-0.4, -0.2) is 0 Å². The first-order chi connectivity index (χ1) is 29.5. The average Bonchev–Trinajstić information content (AvgIpc) is 3.99. The van der Waals surface area contributed by atoms with E-state index in [4.69, 9.17) is 0 Å². The van der Waals surface area contributed by atoms with E-state index < -0.39 is 5.41 Å². The maximum Gasteiger partial charge on any atom is 0.0726 e. The number of rotatable bonds is 4. The maximum absolute atomic E-state index is 2.51. The van der Waals surface area contributed by atoms with Crippen molar-refractivity contribution in [3.8, 4) is 44.5 Å². The van der Waals surface area contributed by atoms with Crippen molar-refractivity contribution >= 4 is 48.6 Å². The van der Waals surface area contributed by atoms with Gasteiger partial charge in [-0.05, 0) is 114 Å². The fourth-order valence-electron chi connectivity index (χ4n) is 11.4. The summed E-state index contributed by atoms with van der Waals surface area (Å²) in [6.45, 7) is 4.76. The van der Waals surface area contributed by atoms with Gasteiger partial charge in [-0.2, -0.15) is 0 Å². The molecule has 1 aromatic heterocycles. The molecule has 3 aliphatic rings. The maximum atomic E-state index is 2.51. The summed E-state index contributed by atoms with van der Waals surface area (Å²) in [6.07, 6.45) is 0. The zero-order valence-electron chi connectivity index (χ0n) is 33.4. The Kier molecular flexibility index (Phi) is 6.94. The Hall–Kier alpha value is -7.00. The van der Waals surface area contributed by atoms with Crippen molar-refractivity contribution in [3.05, 3.63) is 234 Å². The number of thiophene rings is 1. The van der Waals surface area contributed by atoms with Gasteiger partial charge < -0.3 is 4.90 Å². The molecule has 1 heterocycles. The van der Waals surface area contributed by atoms with Crippen LogP contribution in [0.3, 0.4) is 0 Å². The van der Waals surface area contributed by atoms with Crippen LogP contribution in [0.1, 0.15) is 47.2 Å². The highest BCUT2D eigenvalue weighted by molar-refractivity contribution is 7.26. The van der Waals surface area contributed by atoms with E-state index in [0.29, 0.717) is 0 Å². The third kappa shape index (κ3) is 4.36. The first-order valence-electron chi connectivity index (χ1n) is 21.0. The van der Waals surface area contributed by atoms with Crippen LogP contribution in [0.25, 0.3) is 64.7 Å². The fraction of sp³-hybridized carbons (Fsp3) is 0.0690. The van der Waals surface area contributed by atoms with E-state index in [1.807, 2.05) is 11.3 Å². The average molecular weight is 782 g/mol. The van der Waals surface area contributed by atoms with Gasteiger partial charge in [0.1, 0.15) is 0 Å². The second-order valence-electron chi connectivity index (χ2n) is 17.1. The number of fused-ring (bicyclic) bond motifs is 16. The molecule has 0 unspecified atom stereocenters. The molecule has 3 aliphatic carbocycles. The minimum absolute atomic E-state index is 0.0977. The van der Waals surface area contributed by atoms with Crippen molar-refractivity contribution < 1.29 is 0 Å². The predicted molar refractivity (Wildman–Crippen MR) is 253 cm³/mol. The van der Waals surface area contributed by atoms with E-state index in [1.54, 1.807) is 0 Å². The smallest absolute Gasteiger partial charge is 0.0726 e. The van der Waals surface area contributed by atoms with Crippen molar-refractivity contribution in [3.63, 3.8) is 0 Å². The fourth-order valence-corrected chi connectivity index (χ4v) is 12.6. The van der Waals surface area contributed by atoms with Crippen LogP contribution in [0, 0.1) is 0 Å². The van der Waals surface area contributed by atoms with Gasteiger partial charge in [0, 0.05) is 32.3 Å². The molecule has 60 heavy (non-hydrogen) atoms. The third-order valence-electron chi connectivity index (χ3n) is 13.9. The van der Waals surface area contributed by atoms with Crippen molar-refractivity contribution in [1.82, 2.24) is 0 Å². The zero-order chi connectivity index (χ0) is 39.7. The summed E-state index contributed by atoms with van der Waals surface area (Å²) in [5.74, 6) is 0. The molecule has 13 rings (SSSR count). The second kappa shape index (κ2) is 12.3. The van der Waals surface area contributed by atoms with E-state index in [2.05, 4.69) is 219 Å². The van der Waals surface area contributed by atoms with Gasteiger partial charge in [0.15, 0.2) is 0 Å². The van der Waals surface area contributed by atoms with E-state index in [1.165, 1.54) is 104 Å². The van der Waals surface area contributed by atoms with Gasteiger partial charge in [0.25, 0.3) is 0 Å². The minimum Gasteiger partial charge on any atom is -0.309 e. The molecule has 0 atom stereocenters. The van der Waals surface area contributed by atoms with Crippen LogP contribution in [0.2, 0.25) is 0 Å². The Morgan fingerprint density at radius 2 is 0.883 bits per heavy atom. The molecule has 1 nitrogen and oxygen atoms in total. The summed E-state index contributed by atoms with van der Waals surface area (Å²) in [4.78, 5) is 2.51. The molecule has 0 bridgehead atoms. The lowest BCUT2D eigenvalue weighted by Crippen LogP contribution is -2.26. The molecule has 10 aromatic rings. The molecule has 0 N–H and O–H groups in total. The molecule has 282 valence electrons. The Labute approximate surface area is 354 Å². The normalized spacial score (nSPS) is 14.4. The Morgan fingerprint density at radius 1 is 0.383 bits per heavy atom. The number of anilines is 3. The highest BCUT2D eigenvalue weighted by Gasteiger charge is 2.51. The highest BCUT2D eigenvalue weighted by Crippen LogP contribution is 2.63. The highest BCUT2D eigenvalue weighted by atomic mass is 32.1. The lowest BCUT2D eigenvalue weighted by molar-refractivity contribution is 0.662. The number of hydrogen-bond donors (Lipinski definition) is 0. The summed E-state index contributed by atoms with van der Waals surface area (Å²) < 4.78 is 2.59. The van der Waals surface area contributed by atoms with Crippen molar-refractivity contribution in [2.75, 3.05) is 4.90 Å². The van der Waals surface area contributed by atoms with Crippen LogP contribution in [-0.2, 0) is 10.8 Å². The van der Waals surface area contributed by atoms with E-state index in [9.17, 15) is 0 Å². The summed E-state index contributed by atoms with van der Waals surface area (Å²) in [7, 11) is 0. The Bertz CT molecular complexity index is 3360. The quantitative estimate of drug-likeness (QED) is 0.172. The molecular weight excluding hydrogens is 743 g/mol. The van der Waals surface area contributed by atoms with Crippen LogP contribution >= 0.6 is 11.3 Å². The van der Waals surface area contributed by atoms with Gasteiger partial charge in [-0.25, -0.2) is 0 Å². The van der Waals surface area contributed by atoms with Gasteiger partial charge in [0.2, 0.25) is 0 Å². The molecule has 0 saturated carbocycles. The first kappa shape index (κ1) is 33.9. The van der Waals surface area contributed by atoms with Gasteiger partial charge >= 0.3 is 0 Å². The predicted octanol–water partition coefficient (Wildman–Crippen LogP) is 15.8. The van der Waals surface area contributed by atoms with E-state index >= 15 is 0 Å². The van der Waals surface area contributed by atoms with E-state index in [-0.39, 0.29) is 5.41 Å². The Balaban J connectivity index is 1.04. The summed E-state index contributed by atoms with van der Waals surface area (Å²) in [5, 5.41) is 2.60. The largest absolute Gasteiger partial charge is 0.309 e. The van der Waals surface area contributed by atoms with Crippen LogP contribution in [0.5, 0.6) is 0 Å². The van der Waals surface area contributed by atoms with Gasteiger partial charge in [-0.15, -0.1) is 11.3 Å². The summed E-state index contributed by atoms with van der Waals surface area (Å²) in [5.41, 5.74) is 21.7. The summed E-state index contributed by atoms with van der Waals surface area (Å²) >= 11 is 1.89. The molecule has 9 aromatic carbocycles. The van der Waals surface area contributed by atoms with Crippen LogP contribution in [0.15, 0.2) is 200 Å². The molecular formula is C58H39NS. The zero-order valence-corrected chi connectivity index (χ0v) is 34.2. The lowest BCUT2D eigenvalue weighted by atomic mass is 9.70. The molecule has 0 radical (unpaired) electrons. The topological polar surface area (TPSA) is 3.24 Å². The lowest BCUT2D eigenvalue weighted by Gasteiger charge is -2.32. The second-order valence-corrected chi connectivity index (χ2v) is 18.2. The third-order valence-corrected chi connectivity index (χ3v) is 15.1. The monoisotopic (exact) mass is 781 g/mol. The van der Waals surface area contributed by atoms with E-state index in [0.717, 1.165) is 11.4 Å². The van der Waals surface area contributed by atoms with Gasteiger partial charge in [-0.3, -0.25) is 0 Å². The van der Waals surface area contributed by atoms with Crippen molar-refractivity contribution in [2.24, 2.45) is 0 Å². The molecule has 0 aliphatic heterocycles. The van der Waals surface area contributed by atoms with Crippen molar-refractivity contribution in [1.29, 1.82) is 0 Å². The number of benzene rings is 9. The standard InChI is InChI=1S/C58H39NS/c1-57(2)48-23-8-3-18-43(48)46-21-13-20-39(55(46)57)36-29-31-37(32-30-36)59(53-27-14-22-47-45-19-7-12-28-54(45)60-56(47)53)38-33-34-44-42-17-6-11-26-51(42)58(52(44)35-38)49-24-9-4-15-40(49)41-16-5-10-25-50(41)58/h3-35H,1-2H3.